The van der Waals surface area contributed by atoms with Gasteiger partial charge >= 0.3 is 6.18 Å². The highest BCUT2D eigenvalue weighted by Gasteiger charge is 2.37. The zero-order valence-corrected chi connectivity index (χ0v) is 16.0. The van der Waals surface area contributed by atoms with Gasteiger partial charge in [0, 0.05) is 57.0 Å². The van der Waals surface area contributed by atoms with E-state index in [1.165, 1.54) is 6.07 Å². The van der Waals surface area contributed by atoms with E-state index in [1.54, 1.807) is 27.5 Å². The van der Waals surface area contributed by atoms with Gasteiger partial charge in [0.15, 0.2) is 0 Å². The van der Waals surface area contributed by atoms with Crippen LogP contribution >= 0.6 is 0 Å². The molecule has 4 heterocycles. The summed E-state index contributed by atoms with van der Waals surface area (Å²) in [6, 6.07) is 3.02. The molecule has 2 aromatic rings. The number of carbonyl (C=O) groups excluding carboxylic acids is 1. The van der Waals surface area contributed by atoms with Gasteiger partial charge in [-0.05, 0) is 24.1 Å². The van der Waals surface area contributed by atoms with Gasteiger partial charge in [0.25, 0.3) is 5.56 Å². The zero-order valence-electron chi connectivity index (χ0n) is 16.0. The van der Waals surface area contributed by atoms with Gasteiger partial charge in [0.2, 0.25) is 11.7 Å². The van der Waals surface area contributed by atoms with Crippen molar-refractivity contribution in [3.63, 3.8) is 0 Å². The Bertz CT molecular complexity index is 1030. The number of amides is 1. The van der Waals surface area contributed by atoms with Crippen molar-refractivity contribution >= 4 is 11.7 Å². The van der Waals surface area contributed by atoms with Crippen LogP contribution in [0, 0.1) is 12.8 Å². The van der Waals surface area contributed by atoms with E-state index in [-0.39, 0.29) is 23.2 Å². The monoisotopic (exact) mass is 407 g/mol. The average molecular weight is 407 g/mol. The molecule has 0 N–H and O–H groups in total. The lowest BCUT2D eigenvalue weighted by atomic mass is 9.95. The predicted octanol–water partition coefficient (Wildman–Crippen LogP) is 1.87. The molecule has 2 aromatic heterocycles. The topological polar surface area (TPSA) is 71.3 Å². The van der Waals surface area contributed by atoms with Crippen molar-refractivity contribution in [3.05, 3.63) is 51.3 Å². The minimum atomic E-state index is -4.58. The molecule has 10 heteroatoms. The number of fused-ring (bicyclic) bond motifs is 1. The van der Waals surface area contributed by atoms with Crippen LogP contribution in [0.2, 0.25) is 0 Å². The normalized spacial score (nSPS) is 16.7. The lowest BCUT2D eigenvalue weighted by Crippen LogP contribution is -2.49. The van der Waals surface area contributed by atoms with Gasteiger partial charge in [0.05, 0.1) is 6.54 Å². The molecule has 1 amide bonds. The van der Waals surface area contributed by atoms with Gasteiger partial charge in [-0.25, -0.2) is 9.97 Å². The van der Waals surface area contributed by atoms with E-state index in [0.29, 0.717) is 32.6 Å². The molecule has 0 spiro atoms. The van der Waals surface area contributed by atoms with Gasteiger partial charge in [-0.2, -0.15) is 13.2 Å². The zero-order chi connectivity index (χ0) is 20.9. The van der Waals surface area contributed by atoms with E-state index in [9.17, 15) is 22.8 Å². The van der Waals surface area contributed by atoms with Crippen LogP contribution in [0.15, 0.2) is 23.1 Å². The van der Waals surface area contributed by atoms with Gasteiger partial charge in [0.1, 0.15) is 5.82 Å². The maximum absolute atomic E-state index is 12.8. The SMILES string of the molecule is Cc1cc(=O)n(C)c2c1CN(C(=O)CC1CN(c3ccnc(C(F)(F)F)n3)C1)C2. The number of hydrogen-bond donors (Lipinski definition) is 0. The van der Waals surface area contributed by atoms with Crippen LogP contribution < -0.4 is 10.5 Å². The summed E-state index contributed by atoms with van der Waals surface area (Å²) in [6.07, 6.45) is -3.17. The molecule has 1 saturated heterocycles. The standard InChI is InChI=1S/C19H20F3N5O2/c1-11-5-16(28)25(2)14-10-27(9-13(11)14)17(29)6-12-7-26(8-12)15-3-4-23-18(24-15)19(20,21)22/h3-5,12H,6-10H2,1-2H3. The summed E-state index contributed by atoms with van der Waals surface area (Å²) in [5.74, 6) is -0.905. The number of carbonyl (C=O) groups is 1. The van der Waals surface area contributed by atoms with E-state index in [2.05, 4.69) is 9.97 Å². The molecular formula is C19H20F3N5O2. The first-order chi connectivity index (χ1) is 13.6. The molecule has 0 atom stereocenters. The maximum atomic E-state index is 12.8. The summed E-state index contributed by atoms with van der Waals surface area (Å²) in [7, 11) is 1.70. The van der Waals surface area contributed by atoms with Crippen LogP contribution in [0.5, 0.6) is 0 Å². The third-order valence-electron chi connectivity index (χ3n) is 5.58. The summed E-state index contributed by atoms with van der Waals surface area (Å²) < 4.78 is 39.8. The summed E-state index contributed by atoms with van der Waals surface area (Å²) in [4.78, 5) is 34.9. The molecule has 29 heavy (non-hydrogen) atoms. The van der Waals surface area contributed by atoms with Crippen LogP contribution in [-0.2, 0) is 31.1 Å². The molecule has 1 fully saturated rings. The number of nitrogens with zero attached hydrogens (tertiary/aromatic N) is 5. The molecule has 4 rings (SSSR count). The first-order valence-corrected chi connectivity index (χ1v) is 9.25. The summed E-state index contributed by atoms with van der Waals surface area (Å²) in [5, 5.41) is 0. The quantitative estimate of drug-likeness (QED) is 0.777. The Labute approximate surface area is 164 Å². The predicted molar refractivity (Wildman–Crippen MR) is 98.0 cm³/mol. The van der Waals surface area contributed by atoms with E-state index in [1.807, 2.05) is 6.92 Å². The van der Waals surface area contributed by atoms with Gasteiger partial charge in [-0.1, -0.05) is 0 Å². The molecular weight excluding hydrogens is 387 g/mol. The Kier molecular flexibility index (Phi) is 4.59. The van der Waals surface area contributed by atoms with Crippen molar-refractivity contribution in [2.45, 2.75) is 32.6 Å². The summed E-state index contributed by atoms with van der Waals surface area (Å²) >= 11 is 0. The van der Waals surface area contributed by atoms with Gasteiger partial charge in [-0.15, -0.1) is 0 Å². The molecule has 2 aliphatic rings. The molecule has 0 saturated carbocycles. The van der Waals surface area contributed by atoms with E-state index >= 15 is 0 Å². The van der Waals surface area contributed by atoms with Crippen molar-refractivity contribution in [1.82, 2.24) is 19.4 Å². The highest BCUT2D eigenvalue weighted by atomic mass is 19.4. The Morgan fingerprint density at radius 2 is 2.00 bits per heavy atom. The summed E-state index contributed by atoms with van der Waals surface area (Å²) in [6.45, 7) is 3.69. The van der Waals surface area contributed by atoms with Crippen molar-refractivity contribution < 1.29 is 18.0 Å². The fraction of sp³-hybridized carbons (Fsp3) is 0.474. The molecule has 0 aromatic carbocycles. The fourth-order valence-corrected chi connectivity index (χ4v) is 3.88. The van der Waals surface area contributed by atoms with Gasteiger partial charge in [-0.3, -0.25) is 9.59 Å². The van der Waals surface area contributed by atoms with E-state index in [0.717, 1.165) is 23.0 Å². The summed E-state index contributed by atoms with van der Waals surface area (Å²) in [5.41, 5.74) is 2.67. The number of aryl methyl sites for hydroxylation is 1. The number of anilines is 1. The number of hydrogen-bond acceptors (Lipinski definition) is 5. The Balaban J connectivity index is 1.36. The number of rotatable bonds is 3. The second kappa shape index (κ2) is 6.85. The third kappa shape index (κ3) is 3.58. The Morgan fingerprint density at radius 3 is 2.69 bits per heavy atom. The van der Waals surface area contributed by atoms with Crippen LogP contribution in [0.4, 0.5) is 19.0 Å². The van der Waals surface area contributed by atoms with Crippen molar-refractivity contribution in [2.75, 3.05) is 18.0 Å². The van der Waals surface area contributed by atoms with Crippen LogP contribution in [0.25, 0.3) is 0 Å². The molecule has 0 unspecified atom stereocenters. The number of halogens is 3. The first-order valence-electron chi connectivity index (χ1n) is 9.25. The number of aromatic nitrogens is 3. The highest BCUT2D eigenvalue weighted by Crippen LogP contribution is 2.31. The van der Waals surface area contributed by atoms with Crippen LogP contribution in [0.3, 0.4) is 0 Å². The molecule has 154 valence electrons. The van der Waals surface area contributed by atoms with E-state index in [4.69, 9.17) is 0 Å². The average Bonchev–Trinajstić information content (AvgIpc) is 3.08. The largest absolute Gasteiger partial charge is 0.451 e. The molecule has 0 bridgehead atoms. The second-order valence-corrected chi connectivity index (χ2v) is 7.61. The van der Waals surface area contributed by atoms with Gasteiger partial charge < -0.3 is 14.4 Å². The smallest absolute Gasteiger partial charge is 0.356 e. The lowest BCUT2D eigenvalue weighted by Gasteiger charge is -2.40. The maximum Gasteiger partial charge on any atom is 0.451 e. The van der Waals surface area contributed by atoms with Crippen molar-refractivity contribution in [1.29, 1.82) is 0 Å². The Hall–Kier alpha value is -2.91. The fourth-order valence-electron chi connectivity index (χ4n) is 3.88. The molecule has 0 radical (unpaired) electrons. The molecule has 7 nitrogen and oxygen atoms in total. The lowest BCUT2D eigenvalue weighted by molar-refractivity contribution is -0.144. The first kappa shape index (κ1) is 19.4. The van der Waals surface area contributed by atoms with E-state index < -0.39 is 12.0 Å². The van der Waals surface area contributed by atoms with Crippen LogP contribution in [0.1, 0.15) is 29.1 Å². The number of pyridine rings is 1. The third-order valence-corrected chi connectivity index (χ3v) is 5.58. The minimum absolute atomic E-state index is 0.0173. The minimum Gasteiger partial charge on any atom is -0.356 e. The van der Waals surface area contributed by atoms with Crippen molar-refractivity contribution in [3.8, 4) is 0 Å². The number of alkyl halides is 3. The molecule has 0 aliphatic carbocycles. The Morgan fingerprint density at radius 1 is 1.28 bits per heavy atom. The molecule has 2 aliphatic heterocycles. The van der Waals surface area contributed by atoms with Crippen molar-refractivity contribution in [2.24, 2.45) is 13.0 Å². The second-order valence-electron chi connectivity index (χ2n) is 7.61. The van der Waals surface area contributed by atoms with Crippen LogP contribution in [-0.4, -0.2) is 38.4 Å². The highest BCUT2D eigenvalue weighted by molar-refractivity contribution is 5.77.